The van der Waals surface area contributed by atoms with Crippen molar-refractivity contribution in [3.05, 3.63) is 60.2 Å². The van der Waals surface area contributed by atoms with Crippen molar-refractivity contribution in [1.29, 1.82) is 0 Å². The van der Waals surface area contributed by atoms with E-state index in [1.165, 1.54) is 18.4 Å². The minimum absolute atomic E-state index is 0.0278. The summed E-state index contributed by atoms with van der Waals surface area (Å²) in [6, 6.07) is 17.8. The molecule has 1 saturated heterocycles. The van der Waals surface area contributed by atoms with Crippen molar-refractivity contribution in [3.8, 4) is 11.5 Å². The van der Waals surface area contributed by atoms with Crippen LogP contribution in [-0.4, -0.2) is 43.7 Å². The van der Waals surface area contributed by atoms with Crippen molar-refractivity contribution in [2.75, 3.05) is 32.8 Å². The van der Waals surface area contributed by atoms with Gasteiger partial charge in [-0.2, -0.15) is 0 Å². The summed E-state index contributed by atoms with van der Waals surface area (Å²) in [5, 5.41) is 3.03. The van der Waals surface area contributed by atoms with Gasteiger partial charge in [0.2, 0.25) is 0 Å². The molecule has 1 aliphatic heterocycles. The summed E-state index contributed by atoms with van der Waals surface area (Å²) >= 11 is 0. The normalized spacial score (nSPS) is 15.3. The monoisotopic (exact) mass is 368 g/mol. The summed E-state index contributed by atoms with van der Waals surface area (Å²) in [6.07, 6.45) is 2.41. The van der Waals surface area contributed by atoms with Crippen LogP contribution in [-0.2, 0) is 4.79 Å². The first-order valence-electron chi connectivity index (χ1n) is 9.67. The van der Waals surface area contributed by atoms with E-state index >= 15 is 0 Å². The molecule has 1 aliphatic rings. The highest BCUT2D eigenvalue weighted by molar-refractivity contribution is 5.77. The predicted octanol–water partition coefficient (Wildman–Crippen LogP) is 3.42. The second kappa shape index (κ2) is 9.97. The van der Waals surface area contributed by atoms with E-state index in [-0.39, 0.29) is 18.6 Å². The fourth-order valence-electron chi connectivity index (χ4n) is 3.39. The smallest absolute Gasteiger partial charge is 0.258 e. The van der Waals surface area contributed by atoms with Crippen molar-refractivity contribution in [2.24, 2.45) is 0 Å². The SMILES string of the molecule is CCOc1ccc(C(CNC(=O)COc2ccccc2)N2CCCC2)cc1. The summed E-state index contributed by atoms with van der Waals surface area (Å²) < 4.78 is 11.1. The number of ether oxygens (including phenoxy) is 2. The molecule has 0 saturated carbocycles. The number of rotatable bonds is 9. The lowest BCUT2D eigenvalue weighted by Gasteiger charge is -2.28. The lowest BCUT2D eigenvalue weighted by Crippen LogP contribution is -2.38. The number of hydrogen-bond donors (Lipinski definition) is 1. The molecule has 0 spiro atoms. The molecular formula is C22H28N2O3. The van der Waals surface area contributed by atoms with Crippen molar-refractivity contribution >= 4 is 5.91 Å². The zero-order chi connectivity index (χ0) is 18.9. The lowest BCUT2D eigenvalue weighted by atomic mass is 10.1. The molecule has 1 atom stereocenters. The number of likely N-dealkylation sites (tertiary alicyclic amines) is 1. The Labute approximate surface area is 161 Å². The number of amides is 1. The first kappa shape index (κ1) is 19.2. The molecule has 0 aromatic heterocycles. The van der Waals surface area contributed by atoms with Crippen molar-refractivity contribution in [3.63, 3.8) is 0 Å². The van der Waals surface area contributed by atoms with E-state index in [9.17, 15) is 4.79 Å². The van der Waals surface area contributed by atoms with Gasteiger partial charge in [-0.3, -0.25) is 9.69 Å². The highest BCUT2D eigenvalue weighted by Gasteiger charge is 2.24. The molecule has 2 aromatic carbocycles. The molecule has 3 rings (SSSR count). The summed E-state index contributed by atoms with van der Waals surface area (Å²) in [5.41, 5.74) is 1.20. The second-order valence-corrected chi connectivity index (χ2v) is 6.67. The van der Waals surface area contributed by atoms with Gasteiger partial charge in [0.15, 0.2) is 6.61 Å². The van der Waals surface area contributed by atoms with E-state index in [0.29, 0.717) is 18.9 Å². The van der Waals surface area contributed by atoms with Crippen LogP contribution in [0, 0.1) is 0 Å². The summed E-state index contributed by atoms with van der Waals surface area (Å²) in [6.45, 7) is 5.37. The number of nitrogens with zero attached hydrogens (tertiary/aromatic N) is 1. The highest BCUT2D eigenvalue weighted by Crippen LogP contribution is 2.26. The molecule has 144 valence electrons. The van der Waals surface area contributed by atoms with Gasteiger partial charge in [0.05, 0.1) is 12.6 Å². The van der Waals surface area contributed by atoms with Crippen molar-refractivity contribution in [1.82, 2.24) is 10.2 Å². The third-order valence-corrected chi connectivity index (χ3v) is 4.76. The maximum Gasteiger partial charge on any atom is 0.258 e. The molecule has 1 amide bonds. The molecule has 1 unspecified atom stereocenters. The number of hydrogen-bond acceptors (Lipinski definition) is 4. The van der Waals surface area contributed by atoms with Gasteiger partial charge in [0, 0.05) is 6.54 Å². The molecule has 5 nitrogen and oxygen atoms in total. The second-order valence-electron chi connectivity index (χ2n) is 6.67. The Morgan fingerprint density at radius 3 is 2.33 bits per heavy atom. The quantitative estimate of drug-likeness (QED) is 0.737. The Kier molecular flexibility index (Phi) is 7.11. The molecule has 27 heavy (non-hydrogen) atoms. The van der Waals surface area contributed by atoms with E-state index in [1.807, 2.05) is 49.4 Å². The summed E-state index contributed by atoms with van der Waals surface area (Å²) in [7, 11) is 0. The molecule has 2 aromatic rings. The molecular weight excluding hydrogens is 340 g/mol. The molecule has 5 heteroatoms. The molecule has 1 fully saturated rings. The van der Waals surface area contributed by atoms with E-state index in [2.05, 4.69) is 22.3 Å². The van der Waals surface area contributed by atoms with Crippen LogP contribution in [0.4, 0.5) is 0 Å². The van der Waals surface area contributed by atoms with Crippen LogP contribution >= 0.6 is 0 Å². The number of nitrogens with one attached hydrogen (secondary N) is 1. The first-order valence-corrected chi connectivity index (χ1v) is 9.67. The van der Waals surface area contributed by atoms with Gasteiger partial charge < -0.3 is 14.8 Å². The minimum atomic E-state index is -0.103. The Bertz CT molecular complexity index is 697. The third-order valence-electron chi connectivity index (χ3n) is 4.76. The van der Waals surface area contributed by atoms with Crippen LogP contribution in [0.2, 0.25) is 0 Å². The van der Waals surface area contributed by atoms with Gasteiger partial charge in [0.25, 0.3) is 5.91 Å². The topological polar surface area (TPSA) is 50.8 Å². The Morgan fingerprint density at radius 1 is 1.00 bits per heavy atom. The van der Waals surface area contributed by atoms with E-state index in [0.717, 1.165) is 18.8 Å². The molecule has 1 N–H and O–H groups in total. The minimum Gasteiger partial charge on any atom is -0.494 e. The zero-order valence-corrected chi connectivity index (χ0v) is 15.9. The van der Waals surface area contributed by atoms with Crippen molar-refractivity contribution in [2.45, 2.75) is 25.8 Å². The van der Waals surface area contributed by atoms with Crippen LogP contribution in [0.3, 0.4) is 0 Å². The fourth-order valence-corrected chi connectivity index (χ4v) is 3.39. The average Bonchev–Trinajstić information content (AvgIpc) is 3.23. The van der Waals surface area contributed by atoms with Crippen LogP contribution in [0.15, 0.2) is 54.6 Å². The maximum atomic E-state index is 12.2. The Hall–Kier alpha value is -2.53. The lowest BCUT2D eigenvalue weighted by molar-refractivity contribution is -0.123. The summed E-state index contributed by atoms with van der Waals surface area (Å²) in [5.74, 6) is 1.48. The van der Waals surface area contributed by atoms with Gasteiger partial charge >= 0.3 is 0 Å². The number of carbonyl (C=O) groups is 1. The molecule has 1 heterocycles. The van der Waals surface area contributed by atoms with Gasteiger partial charge in [-0.15, -0.1) is 0 Å². The van der Waals surface area contributed by atoms with Crippen LogP contribution in [0.5, 0.6) is 11.5 Å². The fraction of sp³-hybridized carbons (Fsp3) is 0.409. The Balaban J connectivity index is 1.57. The highest BCUT2D eigenvalue weighted by atomic mass is 16.5. The van der Waals surface area contributed by atoms with Gasteiger partial charge in [-0.25, -0.2) is 0 Å². The van der Waals surface area contributed by atoms with Crippen LogP contribution in [0.1, 0.15) is 31.4 Å². The number of benzene rings is 2. The Morgan fingerprint density at radius 2 is 1.67 bits per heavy atom. The van der Waals surface area contributed by atoms with Crippen LogP contribution < -0.4 is 14.8 Å². The standard InChI is InChI=1S/C22H28N2O3/c1-2-26-20-12-10-18(11-13-20)21(24-14-6-7-15-24)16-23-22(25)17-27-19-8-4-3-5-9-19/h3-5,8-13,21H,2,6-7,14-17H2,1H3,(H,23,25). The zero-order valence-electron chi connectivity index (χ0n) is 15.9. The van der Waals surface area contributed by atoms with E-state index in [1.54, 1.807) is 0 Å². The average molecular weight is 368 g/mol. The van der Waals surface area contributed by atoms with Gasteiger partial charge in [0.1, 0.15) is 11.5 Å². The van der Waals surface area contributed by atoms with Gasteiger partial charge in [-0.1, -0.05) is 30.3 Å². The van der Waals surface area contributed by atoms with Gasteiger partial charge in [-0.05, 0) is 62.7 Å². The molecule has 0 aliphatic carbocycles. The van der Waals surface area contributed by atoms with E-state index < -0.39 is 0 Å². The summed E-state index contributed by atoms with van der Waals surface area (Å²) in [4.78, 5) is 14.7. The molecule has 0 bridgehead atoms. The number of para-hydroxylation sites is 1. The van der Waals surface area contributed by atoms with Crippen molar-refractivity contribution < 1.29 is 14.3 Å². The van der Waals surface area contributed by atoms with E-state index in [4.69, 9.17) is 9.47 Å². The third kappa shape index (κ3) is 5.73. The largest absolute Gasteiger partial charge is 0.494 e. The maximum absolute atomic E-state index is 12.2. The number of carbonyl (C=O) groups excluding carboxylic acids is 1. The first-order chi connectivity index (χ1) is 13.3. The molecule has 0 radical (unpaired) electrons. The predicted molar refractivity (Wildman–Crippen MR) is 106 cm³/mol. The van der Waals surface area contributed by atoms with Crippen LogP contribution in [0.25, 0.3) is 0 Å².